The van der Waals surface area contributed by atoms with Crippen molar-refractivity contribution in [3.8, 4) is 11.5 Å². The summed E-state index contributed by atoms with van der Waals surface area (Å²) in [5, 5.41) is 5.07. The molecule has 3 rings (SSSR count). The van der Waals surface area contributed by atoms with E-state index in [0.717, 1.165) is 10.9 Å². The summed E-state index contributed by atoms with van der Waals surface area (Å²) in [5.41, 5.74) is 0.752. The second-order valence-electron chi connectivity index (χ2n) is 3.79. The van der Waals surface area contributed by atoms with Gasteiger partial charge in [-0.25, -0.2) is 4.39 Å². The summed E-state index contributed by atoms with van der Waals surface area (Å²) in [6, 6.07) is 10.3. The molecule has 4 heteroatoms. The van der Waals surface area contributed by atoms with Crippen LogP contribution in [0.5, 0.6) is 0 Å². The molecule has 0 aliphatic rings. The number of hydrogen-bond acceptors (Lipinski definition) is 3. The van der Waals surface area contributed by atoms with Crippen molar-refractivity contribution in [3.63, 3.8) is 0 Å². The smallest absolute Gasteiger partial charge is 0.258 e. The van der Waals surface area contributed by atoms with Gasteiger partial charge in [-0.05, 0) is 24.4 Å². The van der Waals surface area contributed by atoms with E-state index in [1.807, 2.05) is 12.1 Å². The number of nitrogens with zero attached hydrogens (tertiary/aromatic N) is 2. The van der Waals surface area contributed by atoms with Crippen LogP contribution in [0.4, 0.5) is 4.39 Å². The van der Waals surface area contributed by atoms with Crippen LogP contribution in [-0.4, -0.2) is 10.1 Å². The molecule has 2 aromatic carbocycles. The number of halogens is 1. The number of rotatable bonds is 1. The summed E-state index contributed by atoms with van der Waals surface area (Å²) in [6.45, 7) is 1.75. The normalized spacial score (nSPS) is 10.9. The van der Waals surface area contributed by atoms with Crippen molar-refractivity contribution in [2.24, 2.45) is 0 Å². The quantitative estimate of drug-likeness (QED) is 0.641. The molecule has 0 saturated carbocycles. The van der Waals surface area contributed by atoms with E-state index in [2.05, 4.69) is 10.1 Å². The van der Waals surface area contributed by atoms with Gasteiger partial charge < -0.3 is 4.52 Å². The van der Waals surface area contributed by atoms with E-state index >= 15 is 0 Å². The highest BCUT2D eigenvalue weighted by molar-refractivity contribution is 5.95. The van der Waals surface area contributed by atoms with E-state index in [-0.39, 0.29) is 5.82 Å². The summed E-state index contributed by atoms with van der Waals surface area (Å²) in [5.74, 6) is 0.729. The van der Waals surface area contributed by atoms with Gasteiger partial charge in [0.25, 0.3) is 5.89 Å². The average Bonchev–Trinajstić information content (AvgIpc) is 2.77. The summed E-state index contributed by atoms with van der Waals surface area (Å²) in [7, 11) is 0. The molecule has 0 fully saturated rings. The van der Waals surface area contributed by atoms with Crippen molar-refractivity contribution in [2.45, 2.75) is 6.92 Å². The van der Waals surface area contributed by atoms with Gasteiger partial charge >= 0.3 is 0 Å². The van der Waals surface area contributed by atoms with Crippen LogP contribution in [0, 0.1) is 12.7 Å². The monoisotopic (exact) mass is 228 g/mol. The molecule has 0 radical (unpaired) electrons. The van der Waals surface area contributed by atoms with Crippen LogP contribution in [0.15, 0.2) is 40.9 Å². The molecule has 3 nitrogen and oxygen atoms in total. The summed E-state index contributed by atoms with van der Waals surface area (Å²) in [6.07, 6.45) is 0. The Morgan fingerprint density at radius 1 is 1.06 bits per heavy atom. The van der Waals surface area contributed by atoms with Crippen molar-refractivity contribution >= 4 is 10.8 Å². The fourth-order valence-corrected chi connectivity index (χ4v) is 1.86. The molecule has 0 atom stereocenters. The highest BCUT2D eigenvalue weighted by atomic mass is 19.1. The molecule has 0 spiro atoms. The Morgan fingerprint density at radius 3 is 2.53 bits per heavy atom. The van der Waals surface area contributed by atoms with Crippen LogP contribution in [0.1, 0.15) is 5.82 Å². The average molecular weight is 228 g/mol. The summed E-state index contributed by atoms with van der Waals surface area (Å²) in [4.78, 5) is 4.16. The minimum Gasteiger partial charge on any atom is -0.334 e. The zero-order valence-corrected chi connectivity index (χ0v) is 9.14. The van der Waals surface area contributed by atoms with Crippen molar-refractivity contribution < 1.29 is 8.91 Å². The van der Waals surface area contributed by atoms with Crippen LogP contribution < -0.4 is 0 Å². The first-order valence-electron chi connectivity index (χ1n) is 5.23. The zero-order valence-electron chi connectivity index (χ0n) is 9.14. The second kappa shape index (κ2) is 3.66. The Balaban J connectivity index is 2.34. The minimum absolute atomic E-state index is 0.249. The Bertz CT molecular complexity index is 691. The number of hydrogen-bond donors (Lipinski definition) is 0. The van der Waals surface area contributed by atoms with Crippen molar-refractivity contribution in [1.82, 2.24) is 10.1 Å². The Hall–Kier alpha value is -2.23. The van der Waals surface area contributed by atoms with Crippen LogP contribution in [0.25, 0.3) is 22.2 Å². The van der Waals surface area contributed by atoms with E-state index in [1.54, 1.807) is 25.1 Å². The van der Waals surface area contributed by atoms with Crippen molar-refractivity contribution in [3.05, 3.63) is 48.0 Å². The highest BCUT2D eigenvalue weighted by Crippen LogP contribution is 2.28. The van der Waals surface area contributed by atoms with Gasteiger partial charge in [-0.1, -0.05) is 29.4 Å². The van der Waals surface area contributed by atoms with Gasteiger partial charge in [-0.2, -0.15) is 4.98 Å². The summed E-state index contributed by atoms with van der Waals surface area (Å²) >= 11 is 0. The maximum absolute atomic E-state index is 13.6. The fourth-order valence-electron chi connectivity index (χ4n) is 1.86. The van der Waals surface area contributed by atoms with E-state index in [9.17, 15) is 4.39 Å². The first-order chi connectivity index (χ1) is 8.25. The first kappa shape index (κ1) is 9.96. The third-order valence-corrected chi connectivity index (χ3v) is 2.63. The maximum Gasteiger partial charge on any atom is 0.258 e. The molecule has 0 N–H and O–H groups in total. The third-order valence-electron chi connectivity index (χ3n) is 2.63. The number of aryl methyl sites for hydroxylation is 1. The molecule has 0 aliphatic heterocycles. The topological polar surface area (TPSA) is 38.9 Å². The molecule has 0 amide bonds. The maximum atomic E-state index is 13.6. The lowest BCUT2D eigenvalue weighted by Gasteiger charge is -2.03. The predicted molar refractivity (Wildman–Crippen MR) is 61.9 cm³/mol. The van der Waals surface area contributed by atoms with Crippen LogP contribution >= 0.6 is 0 Å². The lowest BCUT2D eigenvalue weighted by molar-refractivity contribution is 0.426. The Labute approximate surface area is 96.9 Å². The predicted octanol–water partition coefficient (Wildman–Crippen LogP) is 3.34. The molecule has 1 heterocycles. The molecule has 84 valence electrons. The molecule has 3 aromatic rings. The lowest BCUT2D eigenvalue weighted by Crippen LogP contribution is -1.85. The summed E-state index contributed by atoms with van der Waals surface area (Å²) < 4.78 is 18.7. The molecule has 0 unspecified atom stereocenters. The molecule has 17 heavy (non-hydrogen) atoms. The van der Waals surface area contributed by atoms with Gasteiger partial charge in [-0.15, -0.1) is 0 Å². The molecular formula is C13H9FN2O. The second-order valence-corrected chi connectivity index (χ2v) is 3.79. The molecule has 0 aliphatic carbocycles. The van der Waals surface area contributed by atoms with Crippen LogP contribution in [0.3, 0.4) is 0 Å². The first-order valence-corrected chi connectivity index (χ1v) is 5.23. The fraction of sp³-hybridized carbons (Fsp3) is 0.0769. The number of fused-ring (bicyclic) bond motifs is 1. The van der Waals surface area contributed by atoms with Crippen LogP contribution in [-0.2, 0) is 0 Å². The van der Waals surface area contributed by atoms with Gasteiger partial charge in [0.15, 0.2) is 5.82 Å². The molecule has 0 bridgehead atoms. The third kappa shape index (κ3) is 1.58. The molecule has 1 aromatic heterocycles. The van der Waals surface area contributed by atoms with Crippen LogP contribution in [0.2, 0.25) is 0 Å². The molecule has 0 saturated heterocycles. The lowest BCUT2D eigenvalue weighted by atomic mass is 10.0. The van der Waals surface area contributed by atoms with E-state index in [0.29, 0.717) is 17.1 Å². The number of benzene rings is 2. The van der Waals surface area contributed by atoms with Gasteiger partial charge in [0.05, 0.1) is 0 Å². The minimum atomic E-state index is -0.249. The number of aromatic nitrogens is 2. The van der Waals surface area contributed by atoms with E-state index < -0.39 is 0 Å². The van der Waals surface area contributed by atoms with Crippen molar-refractivity contribution in [2.75, 3.05) is 0 Å². The van der Waals surface area contributed by atoms with Crippen molar-refractivity contribution in [1.29, 1.82) is 0 Å². The van der Waals surface area contributed by atoms with E-state index in [1.165, 1.54) is 6.07 Å². The van der Waals surface area contributed by atoms with Gasteiger partial charge in [-0.3, -0.25) is 0 Å². The Morgan fingerprint density at radius 2 is 1.82 bits per heavy atom. The standard InChI is InChI=1S/C13H9FN2O/c1-8-15-13(17-16-8)11-6-7-12(14)10-5-3-2-4-9(10)11/h2-7H,1H3. The Kier molecular flexibility index (Phi) is 2.14. The zero-order chi connectivity index (χ0) is 11.8. The largest absolute Gasteiger partial charge is 0.334 e. The highest BCUT2D eigenvalue weighted by Gasteiger charge is 2.12. The van der Waals surface area contributed by atoms with Gasteiger partial charge in [0.1, 0.15) is 5.82 Å². The molecular weight excluding hydrogens is 219 g/mol. The van der Waals surface area contributed by atoms with Gasteiger partial charge in [0, 0.05) is 10.9 Å². The van der Waals surface area contributed by atoms with Gasteiger partial charge in [0.2, 0.25) is 0 Å². The SMILES string of the molecule is Cc1noc(-c2ccc(F)c3ccccc23)n1. The van der Waals surface area contributed by atoms with E-state index in [4.69, 9.17) is 4.52 Å².